The number of H-pyrrole nitrogens is 2. The van der Waals surface area contributed by atoms with Gasteiger partial charge in [0.05, 0.1) is 6.54 Å². The summed E-state index contributed by atoms with van der Waals surface area (Å²) in [6.45, 7) is 2.21. The number of carbonyl (C=O) groups excluding carboxylic acids is 1. The van der Waals surface area contributed by atoms with Gasteiger partial charge in [-0.25, -0.2) is 19.2 Å². The third kappa shape index (κ3) is 5.01. The van der Waals surface area contributed by atoms with Crippen molar-refractivity contribution in [2.45, 2.75) is 39.3 Å². The second kappa shape index (κ2) is 10.6. The number of fused-ring (bicyclic) bond motifs is 1. The van der Waals surface area contributed by atoms with E-state index in [-0.39, 0.29) is 29.1 Å². The van der Waals surface area contributed by atoms with Gasteiger partial charge in [0.2, 0.25) is 5.82 Å². The maximum atomic E-state index is 14.3. The van der Waals surface area contributed by atoms with Crippen molar-refractivity contribution in [2.24, 2.45) is 0 Å². The number of aryl methyl sites for hydroxylation is 1. The molecule has 11 nitrogen and oxygen atoms in total. The van der Waals surface area contributed by atoms with Crippen LogP contribution in [0, 0.1) is 5.82 Å². The predicted octanol–water partition coefficient (Wildman–Crippen LogP) is 2.83. The topological polar surface area (TPSA) is 143 Å². The molecule has 0 aliphatic heterocycles. The molecule has 0 saturated carbocycles. The third-order valence-electron chi connectivity index (χ3n) is 6.15. The number of rotatable bonds is 9. The van der Waals surface area contributed by atoms with Crippen molar-refractivity contribution in [2.75, 3.05) is 5.32 Å². The van der Waals surface area contributed by atoms with E-state index < -0.39 is 23.0 Å². The second-order valence-corrected chi connectivity index (χ2v) is 8.81. The average molecular weight is 517 g/mol. The van der Waals surface area contributed by atoms with E-state index in [0.29, 0.717) is 24.5 Å². The summed E-state index contributed by atoms with van der Waals surface area (Å²) in [5.41, 5.74) is 1.10. The Morgan fingerprint density at radius 1 is 1.08 bits per heavy atom. The fraction of sp³-hybridized carbons (Fsp3) is 0.231. The molecule has 0 aliphatic carbocycles. The number of anilines is 1. The first-order chi connectivity index (χ1) is 18.4. The van der Waals surface area contributed by atoms with E-state index in [2.05, 4.69) is 30.5 Å². The monoisotopic (exact) mass is 516 g/mol. The molecule has 0 bridgehead atoms. The number of unbranched alkanes of at least 4 members (excludes halogenated alkanes) is 1. The molecule has 0 fully saturated rings. The van der Waals surface area contributed by atoms with Crippen LogP contribution in [-0.4, -0.2) is 40.2 Å². The highest BCUT2D eigenvalue weighted by Gasteiger charge is 2.18. The van der Waals surface area contributed by atoms with E-state index in [1.807, 2.05) is 19.1 Å². The molecule has 5 aromatic rings. The van der Waals surface area contributed by atoms with Gasteiger partial charge in [-0.05, 0) is 30.2 Å². The highest BCUT2D eigenvalue weighted by Crippen LogP contribution is 2.15. The molecule has 0 aliphatic rings. The van der Waals surface area contributed by atoms with Crippen LogP contribution < -0.4 is 16.6 Å². The van der Waals surface area contributed by atoms with Gasteiger partial charge in [0.1, 0.15) is 23.5 Å². The molecule has 0 saturated heterocycles. The average Bonchev–Trinajstić information content (AvgIpc) is 3.60. The van der Waals surface area contributed by atoms with E-state index in [0.717, 1.165) is 23.0 Å². The minimum atomic E-state index is -0.551. The van der Waals surface area contributed by atoms with E-state index in [1.165, 1.54) is 17.0 Å². The van der Waals surface area contributed by atoms with Gasteiger partial charge >= 0.3 is 5.69 Å². The summed E-state index contributed by atoms with van der Waals surface area (Å²) in [6.07, 6.45) is 3.18. The van der Waals surface area contributed by atoms with Crippen LogP contribution in [0.4, 0.5) is 10.1 Å². The molecule has 3 N–H and O–H groups in total. The summed E-state index contributed by atoms with van der Waals surface area (Å²) < 4.78 is 16.8. The first-order valence-electron chi connectivity index (χ1n) is 12.2. The maximum Gasteiger partial charge on any atom is 0.333 e. The number of imidazole rings is 1. The molecule has 0 radical (unpaired) electrons. The quantitative estimate of drug-likeness (QED) is 0.275. The molecular formula is C26H25FN8O3. The van der Waals surface area contributed by atoms with E-state index >= 15 is 0 Å². The standard InChI is InChI=1S/C26H25FN8O3/c1-2-3-12-34-23-21(25(37)35(26(34)38)14-17-6-4-5-7-19(17)27)31-20(32-23)13-16-8-10-18(11-9-16)30-24(36)22-28-15-29-33-22/h4-11,15H,2-3,12-14H2,1H3,(H,30,36)(H,31,32)(H,28,29,33). The third-order valence-corrected chi connectivity index (χ3v) is 6.15. The molecule has 194 valence electrons. The lowest BCUT2D eigenvalue weighted by Crippen LogP contribution is -2.40. The number of benzene rings is 2. The van der Waals surface area contributed by atoms with Crippen LogP contribution in [0.15, 0.2) is 64.4 Å². The van der Waals surface area contributed by atoms with E-state index in [1.54, 1.807) is 30.3 Å². The van der Waals surface area contributed by atoms with Crippen LogP contribution in [0.25, 0.3) is 11.2 Å². The van der Waals surface area contributed by atoms with Crippen LogP contribution in [0.2, 0.25) is 0 Å². The Hall–Kier alpha value is -4.87. The molecule has 0 unspecified atom stereocenters. The van der Waals surface area contributed by atoms with Gasteiger partial charge in [0, 0.05) is 24.2 Å². The molecule has 12 heteroatoms. The lowest BCUT2D eigenvalue weighted by molar-refractivity contribution is 0.101. The zero-order valence-corrected chi connectivity index (χ0v) is 20.6. The Labute approximate surface area is 215 Å². The smallest absolute Gasteiger partial charge is 0.333 e. The van der Waals surface area contributed by atoms with Gasteiger partial charge in [-0.2, -0.15) is 5.10 Å². The van der Waals surface area contributed by atoms with Gasteiger partial charge in [0.25, 0.3) is 11.5 Å². The first kappa shape index (κ1) is 24.8. The lowest BCUT2D eigenvalue weighted by atomic mass is 10.1. The Morgan fingerprint density at radius 2 is 1.87 bits per heavy atom. The lowest BCUT2D eigenvalue weighted by Gasteiger charge is -2.11. The Morgan fingerprint density at radius 3 is 2.58 bits per heavy atom. The summed E-state index contributed by atoms with van der Waals surface area (Å²) in [4.78, 5) is 50.2. The molecule has 1 amide bonds. The number of halogens is 1. The minimum Gasteiger partial charge on any atom is -0.336 e. The van der Waals surface area contributed by atoms with Crippen LogP contribution in [0.5, 0.6) is 0 Å². The Balaban J connectivity index is 1.44. The predicted molar refractivity (Wildman–Crippen MR) is 139 cm³/mol. The van der Waals surface area contributed by atoms with E-state index in [9.17, 15) is 18.8 Å². The van der Waals surface area contributed by atoms with Crippen LogP contribution >= 0.6 is 0 Å². The molecule has 38 heavy (non-hydrogen) atoms. The fourth-order valence-corrected chi connectivity index (χ4v) is 4.16. The maximum absolute atomic E-state index is 14.3. The van der Waals surface area contributed by atoms with Gasteiger partial charge in [-0.15, -0.1) is 0 Å². The zero-order valence-electron chi connectivity index (χ0n) is 20.6. The summed E-state index contributed by atoms with van der Waals surface area (Å²) in [5.74, 6) is -0.288. The highest BCUT2D eigenvalue weighted by atomic mass is 19.1. The van der Waals surface area contributed by atoms with Gasteiger partial charge in [0.15, 0.2) is 5.65 Å². The largest absolute Gasteiger partial charge is 0.336 e. The summed E-state index contributed by atoms with van der Waals surface area (Å²) in [7, 11) is 0. The Kier molecular flexibility index (Phi) is 6.94. The van der Waals surface area contributed by atoms with Crippen molar-refractivity contribution in [3.63, 3.8) is 0 Å². The minimum absolute atomic E-state index is 0.103. The molecule has 2 aromatic carbocycles. The number of nitrogens with zero attached hydrogens (tertiary/aromatic N) is 5. The number of aromatic nitrogens is 7. The number of amides is 1. The first-order valence-corrected chi connectivity index (χ1v) is 12.2. The number of nitrogens with one attached hydrogen (secondary N) is 3. The Bertz CT molecular complexity index is 1700. The van der Waals surface area contributed by atoms with Crippen LogP contribution in [0.1, 0.15) is 47.3 Å². The van der Waals surface area contributed by atoms with Crippen molar-refractivity contribution in [1.82, 2.24) is 34.3 Å². The summed E-state index contributed by atoms with van der Waals surface area (Å²) in [6, 6.07) is 13.2. The molecule has 0 atom stereocenters. The summed E-state index contributed by atoms with van der Waals surface area (Å²) >= 11 is 0. The molecular weight excluding hydrogens is 491 g/mol. The second-order valence-electron chi connectivity index (χ2n) is 8.81. The molecule has 3 heterocycles. The SMILES string of the molecule is CCCCn1c(=O)n(Cc2ccccc2F)c(=O)c2[nH]c(Cc3ccc(NC(=O)c4ncn[nH]4)cc3)nc21. The number of carbonyl (C=O) groups is 1. The van der Waals surface area contributed by atoms with Crippen molar-refractivity contribution in [3.8, 4) is 0 Å². The van der Waals surface area contributed by atoms with Crippen molar-refractivity contribution >= 4 is 22.8 Å². The molecule has 0 spiro atoms. The van der Waals surface area contributed by atoms with Crippen molar-refractivity contribution < 1.29 is 9.18 Å². The fourth-order valence-electron chi connectivity index (χ4n) is 4.16. The number of aromatic amines is 2. The van der Waals surface area contributed by atoms with Crippen LogP contribution in [0.3, 0.4) is 0 Å². The highest BCUT2D eigenvalue weighted by molar-refractivity contribution is 6.01. The van der Waals surface area contributed by atoms with Gasteiger partial charge in [-0.3, -0.25) is 23.8 Å². The number of hydrogen-bond acceptors (Lipinski definition) is 6. The van der Waals surface area contributed by atoms with Gasteiger partial charge in [-0.1, -0.05) is 43.7 Å². The van der Waals surface area contributed by atoms with Crippen molar-refractivity contribution in [3.05, 3.63) is 104 Å². The number of hydrogen-bond donors (Lipinski definition) is 3. The molecule has 5 rings (SSSR count). The normalized spacial score (nSPS) is 11.2. The van der Waals surface area contributed by atoms with Gasteiger partial charge < -0.3 is 10.3 Å². The molecule has 3 aromatic heterocycles. The zero-order chi connectivity index (χ0) is 26.6. The van der Waals surface area contributed by atoms with Crippen LogP contribution in [-0.2, 0) is 19.5 Å². The summed E-state index contributed by atoms with van der Waals surface area (Å²) in [5, 5.41) is 8.89. The van der Waals surface area contributed by atoms with E-state index in [4.69, 9.17) is 0 Å². The van der Waals surface area contributed by atoms with Crippen molar-refractivity contribution in [1.29, 1.82) is 0 Å².